The molecule has 1 heterocycles. The molecule has 0 N–H and O–H groups in total. The van der Waals surface area contributed by atoms with Gasteiger partial charge in [-0.25, -0.2) is 4.98 Å². The predicted octanol–water partition coefficient (Wildman–Crippen LogP) is 2.60. The molecule has 0 spiro atoms. The zero-order valence-electron chi connectivity index (χ0n) is 10.6. The molecular formula is C14H11BrN4O. The van der Waals surface area contributed by atoms with Crippen molar-refractivity contribution in [2.45, 2.75) is 19.4 Å². The molecule has 100 valence electrons. The first-order valence-corrected chi connectivity index (χ1v) is 6.86. The van der Waals surface area contributed by atoms with E-state index < -0.39 is 0 Å². The van der Waals surface area contributed by atoms with Crippen molar-refractivity contribution in [2.24, 2.45) is 5.92 Å². The van der Waals surface area contributed by atoms with Crippen LogP contribution in [0.3, 0.4) is 0 Å². The molecule has 0 unspecified atom stereocenters. The molecule has 0 saturated carbocycles. The first kappa shape index (κ1) is 14.2. The summed E-state index contributed by atoms with van der Waals surface area (Å²) in [5, 5.41) is 18.1. The topological polar surface area (TPSA) is 82.5 Å². The van der Waals surface area contributed by atoms with Gasteiger partial charge in [0.1, 0.15) is 0 Å². The average Bonchev–Trinajstić information content (AvgIpc) is 2.46. The molecule has 6 heteroatoms. The maximum atomic E-state index is 12.3. The third-order valence-electron chi connectivity index (χ3n) is 2.99. The Kier molecular flexibility index (Phi) is 4.49. The van der Waals surface area contributed by atoms with Crippen LogP contribution in [0.25, 0.3) is 10.9 Å². The van der Waals surface area contributed by atoms with Gasteiger partial charge in [-0.1, -0.05) is 15.9 Å². The lowest BCUT2D eigenvalue weighted by molar-refractivity contribution is 0.498. The zero-order chi connectivity index (χ0) is 14.5. The number of nitrogens with zero attached hydrogens (tertiary/aromatic N) is 4. The zero-order valence-corrected chi connectivity index (χ0v) is 12.2. The van der Waals surface area contributed by atoms with Crippen molar-refractivity contribution in [2.75, 3.05) is 0 Å². The van der Waals surface area contributed by atoms with Crippen LogP contribution in [0.2, 0.25) is 0 Å². The van der Waals surface area contributed by atoms with Gasteiger partial charge in [0, 0.05) is 17.4 Å². The van der Waals surface area contributed by atoms with Crippen LogP contribution in [0.1, 0.15) is 12.8 Å². The van der Waals surface area contributed by atoms with E-state index in [0.29, 0.717) is 23.7 Å². The Morgan fingerprint density at radius 2 is 2.20 bits per heavy atom. The minimum Gasteiger partial charge on any atom is -0.297 e. The number of aromatic nitrogens is 2. The summed E-state index contributed by atoms with van der Waals surface area (Å²) >= 11 is 3.33. The van der Waals surface area contributed by atoms with Crippen molar-refractivity contribution >= 4 is 26.8 Å². The van der Waals surface area contributed by atoms with E-state index in [9.17, 15) is 4.79 Å². The van der Waals surface area contributed by atoms with Gasteiger partial charge in [0.15, 0.2) is 0 Å². The van der Waals surface area contributed by atoms with E-state index in [1.165, 1.54) is 10.9 Å². The molecule has 0 amide bonds. The van der Waals surface area contributed by atoms with Gasteiger partial charge in [-0.2, -0.15) is 10.5 Å². The largest absolute Gasteiger partial charge is 0.297 e. The highest BCUT2D eigenvalue weighted by molar-refractivity contribution is 9.10. The van der Waals surface area contributed by atoms with Crippen molar-refractivity contribution in [3.8, 4) is 12.1 Å². The molecule has 0 aliphatic carbocycles. The van der Waals surface area contributed by atoms with Gasteiger partial charge in [-0.15, -0.1) is 0 Å². The summed E-state index contributed by atoms with van der Waals surface area (Å²) in [6.07, 6.45) is 2.21. The summed E-state index contributed by atoms with van der Waals surface area (Å²) in [6.45, 7) is 0.256. The fourth-order valence-electron chi connectivity index (χ4n) is 1.93. The molecule has 2 aromatic rings. The van der Waals surface area contributed by atoms with Crippen LogP contribution in [-0.2, 0) is 6.54 Å². The van der Waals surface area contributed by atoms with E-state index in [1.807, 2.05) is 12.1 Å². The molecule has 5 nitrogen and oxygen atoms in total. The van der Waals surface area contributed by atoms with E-state index >= 15 is 0 Å². The van der Waals surface area contributed by atoms with Gasteiger partial charge in [-0.3, -0.25) is 9.36 Å². The molecule has 0 aliphatic rings. The second kappa shape index (κ2) is 6.31. The van der Waals surface area contributed by atoms with Crippen LogP contribution < -0.4 is 5.56 Å². The van der Waals surface area contributed by atoms with Gasteiger partial charge < -0.3 is 0 Å². The normalized spacial score (nSPS) is 11.8. The van der Waals surface area contributed by atoms with Crippen LogP contribution in [-0.4, -0.2) is 9.55 Å². The monoisotopic (exact) mass is 330 g/mol. The summed E-state index contributed by atoms with van der Waals surface area (Å²) in [5.74, 6) is -0.362. The van der Waals surface area contributed by atoms with Crippen LogP contribution in [0.5, 0.6) is 0 Å². The number of hydrogen-bond donors (Lipinski definition) is 0. The summed E-state index contributed by atoms with van der Waals surface area (Å²) in [4.78, 5) is 16.6. The Hall–Kier alpha value is -2.18. The fourth-order valence-corrected chi connectivity index (χ4v) is 2.30. The van der Waals surface area contributed by atoms with Crippen molar-refractivity contribution in [1.29, 1.82) is 10.5 Å². The highest BCUT2D eigenvalue weighted by Gasteiger charge is 2.11. The minimum absolute atomic E-state index is 0.173. The van der Waals surface area contributed by atoms with E-state index in [0.717, 1.165) is 4.47 Å². The van der Waals surface area contributed by atoms with Gasteiger partial charge in [0.2, 0.25) is 0 Å². The maximum absolute atomic E-state index is 12.3. The molecule has 0 fully saturated rings. The number of fused-ring (bicyclic) bond motifs is 1. The molecule has 1 aromatic heterocycles. The summed E-state index contributed by atoms with van der Waals surface area (Å²) in [6, 6.07) is 9.44. The molecule has 2 rings (SSSR count). The van der Waals surface area contributed by atoms with Crippen molar-refractivity contribution in [3.05, 3.63) is 39.4 Å². The second-order valence-electron chi connectivity index (χ2n) is 4.39. The van der Waals surface area contributed by atoms with Crippen LogP contribution >= 0.6 is 15.9 Å². The van der Waals surface area contributed by atoms with Crippen molar-refractivity contribution < 1.29 is 0 Å². The third-order valence-corrected chi connectivity index (χ3v) is 3.48. The van der Waals surface area contributed by atoms with Crippen LogP contribution in [0.15, 0.2) is 33.8 Å². The maximum Gasteiger partial charge on any atom is 0.261 e. The first-order valence-electron chi connectivity index (χ1n) is 6.07. The molecule has 0 aliphatic heterocycles. The Morgan fingerprint density at radius 3 is 2.90 bits per heavy atom. The van der Waals surface area contributed by atoms with E-state index in [1.54, 1.807) is 12.1 Å². The summed E-state index contributed by atoms with van der Waals surface area (Å²) < 4.78 is 2.24. The predicted molar refractivity (Wildman–Crippen MR) is 77.7 cm³/mol. The molecular weight excluding hydrogens is 320 g/mol. The standard InChI is InChI=1S/C14H11BrN4O/c15-11-3-4-13-12(6-11)14(20)19(9-18-13)8-10(7-17)2-1-5-16/h3-4,6,9-10H,1-2,8H2/t10-/m1/s1. The third kappa shape index (κ3) is 3.04. The van der Waals surface area contributed by atoms with Gasteiger partial charge in [0.25, 0.3) is 5.56 Å². The SMILES string of the molecule is N#CCC[C@H](C#N)Cn1cnc2ccc(Br)cc2c1=O. The lowest BCUT2D eigenvalue weighted by atomic mass is 10.1. The number of rotatable bonds is 4. The number of nitriles is 2. The average molecular weight is 331 g/mol. The van der Waals surface area contributed by atoms with Crippen molar-refractivity contribution in [3.63, 3.8) is 0 Å². The Labute approximate surface area is 124 Å². The molecule has 0 radical (unpaired) electrons. The first-order chi connectivity index (χ1) is 9.65. The fraction of sp³-hybridized carbons (Fsp3) is 0.286. The van der Waals surface area contributed by atoms with Gasteiger partial charge in [0.05, 0.1) is 35.3 Å². The Bertz CT molecular complexity index is 769. The minimum atomic E-state index is -0.362. The van der Waals surface area contributed by atoms with Gasteiger partial charge >= 0.3 is 0 Å². The number of halogens is 1. The number of benzene rings is 1. The number of hydrogen-bond acceptors (Lipinski definition) is 4. The molecule has 1 atom stereocenters. The van der Waals surface area contributed by atoms with Crippen LogP contribution in [0, 0.1) is 28.6 Å². The van der Waals surface area contributed by atoms with E-state index in [2.05, 4.69) is 27.0 Å². The molecule has 0 bridgehead atoms. The highest BCUT2D eigenvalue weighted by Crippen LogP contribution is 2.15. The smallest absolute Gasteiger partial charge is 0.261 e. The van der Waals surface area contributed by atoms with E-state index in [4.69, 9.17) is 10.5 Å². The molecule has 0 saturated heterocycles. The van der Waals surface area contributed by atoms with E-state index in [-0.39, 0.29) is 18.0 Å². The second-order valence-corrected chi connectivity index (χ2v) is 5.30. The van der Waals surface area contributed by atoms with Gasteiger partial charge in [-0.05, 0) is 24.6 Å². The Balaban J connectivity index is 2.36. The Morgan fingerprint density at radius 1 is 1.40 bits per heavy atom. The molecule has 1 aromatic carbocycles. The highest BCUT2D eigenvalue weighted by atomic mass is 79.9. The summed E-state index contributed by atoms with van der Waals surface area (Å²) in [5.41, 5.74) is 0.452. The quantitative estimate of drug-likeness (QED) is 0.862. The summed E-state index contributed by atoms with van der Waals surface area (Å²) in [7, 11) is 0. The van der Waals surface area contributed by atoms with Crippen LogP contribution in [0.4, 0.5) is 0 Å². The lowest BCUT2D eigenvalue weighted by Crippen LogP contribution is -2.24. The molecule has 20 heavy (non-hydrogen) atoms. The lowest BCUT2D eigenvalue weighted by Gasteiger charge is -2.10. The van der Waals surface area contributed by atoms with Crippen molar-refractivity contribution in [1.82, 2.24) is 9.55 Å².